The summed E-state index contributed by atoms with van der Waals surface area (Å²) in [6.45, 7) is 0. The van der Waals surface area contributed by atoms with Crippen molar-refractivity contribution in [1.29, 1.82) is 0 Å². The van der Waals surface area contributed by atoms with Gasteiger partial charge in [0.25, 0.3) is 0 Å². The van der Waals surface area contributed by atoms with E-state index in [2.05, 4.69) is 206 Å². The molecule has 0 bridgehead atoms. The summed E-state index contributed by atoms with van der Waals surface area (Å²) in [5, 5.41) is 15.5. The van der Waals surface area contributed by atoms with E-state index in [4.69, 9.17) is 0 Å². The molecule has 13 aromatic rings. The zero-order chi connectivity index (χ0) is 39.3. The van der Waals surface area contributed by atoms with E-state index < -0.39 is 0 Å². The van der Waals surface area contributed by atoms with Crippen molar-refractivity contribution in [2.45, 2.75) is 0 Å². The van der Waals surface area contributed by atoms with Gasteiger partial charge in [-0.1, -0.05) is 176 Å². The molecule has 0 radical (unpaired) electrons. The molecule has 0 fully saturated rings. The molecule has 0 aliphatic heterocycles. The molecule has 0 saturated carbocycles. The normalized spacial score (nSPS) is 12.0. The van der Waals surface area contributed by atoms with Gasteiger partial charge in [-0.05, 0) is 118 Å². The van der Waals surface area contributed by atoms with Crippen molar-refractivity contribution < 1.29 is 0 Å². The van der Waals surface area contributed by atoms with E-state index in [1.165, 1.54) is 128 Å². The molecule has 0 unspecified atom stereocenters. The number of hydrogen-bond acceptors (Lipinski definition) is 2. The van der Waals surface area contributed by atoms with Gasteiger partial charge in [-0.15, -0.1) is 22.7 Å². The Morgan fingerprint density at radius 1 is 0.183 bits per heavy atom. The Morgan fingerprint density at radius 3 is 0.967 bits per heavy atom. The van der Waals surface area contributed by atoms with Crippen LogP contribution in [0.3, 0.4) is 0 Å². The lowest BCUT2D eigenvalue weighted by Gasteiger charge is -2.18. The molecule has 0 aliphatic rings. The van der Waals surface area contributed by atoms with E-state index in [0.717, 1.165) is 0 Å². The lowest BCUT2D eigenvalue weighted by Crippen LogP contribution is -1.90. The van der Waals surface area contributed by atoms with E-state index in [-0.39, 0.29) is 0 Å². The van der Waals surface area contributed by atoms with Crippen LogP contribution in [0.4, 0.5) is 0 Å². The van der Waals surface area contributed by atoms with Crippen LogP contribution < -0.4 is 0 Å². The summed E-state index contributed by atoms with van der Waals surface area (Å²) >= 11 is 3.78. The van der Waals surface area contributed by atoms with Gasteiger partial charge < -0.3 is 0 Å². The lowest BCUT2D eigenvalue weighted by molar-refractivity contribution is 1.66. The second-order valence-corrected chi connectivity index (χ2v) is 18.0. The van der Waals surface area contributed by atoms with Crippen LogP contribution in [0.15, 0.2) is 206 Å². The van der Waals surface area contributed by atoms with Crippen LogP contribution in [0.25, 0.3) is 128 Å². The first kappa shape index (κ1) is 33.8. The smallest absolute Gasteiger partial charge is 0.0361 e. The first-order chi connectivity index (χ1) is 29.8. The molecule has 60 heavy (non-hydrogen) atoms. The molecule has 0 nitrogen and oxygen atoms in total. The van der Waals surface area contributed by atoms with Crippen molar-refractivity contribution in [3.63, 3.8) is 0 Å². The maximum absolute atomic E-state index is 2.44. The fourth-order valence-electron chi connectivity index (χ4n) is 10.1. The van der Waals surface area contributed by atoms with Gasteiger partial charge in [0, 0.05) is 40.3 Å². The molecule has 278 valence electrons. The molecule has 0 amide bonds. The largest absolute Gasteiger partial charge is 0.135 e. The fraction of sp³-hybridized carbons (Fsp3) is 0. The lowest BCUT2D eigenvalue weighted by atomic mass is 9.85. The topological polar surface area (TPSA) is 0 Å². The minimum absolute atomic E-state index is 1.25. The summed E-state index contributed by atoms with van der Waals surface area (Å²) in [6.07, 6.45) is 0. The Morgan fingerprint density at radius 2 is 0.500 bits per heavy atom. The third kappa shape index (κ3) is 5.02. The van der Waals surface area contributed by atoms with Crippen molar-refractivity contribution in [3.8, 4) is 44.5 Å². The summed E-state index contributed by atoms with van der Waals surface area (Å²) in [5.41, 5.74) is 10.2. The fourth-order valence-corrected chi connectivity index (χ4v) is 12.3. The molecule has 0 saturated heterocycles. The summed E-state index contributed by atoms with van der Waals surface area (Å²) in [4.78, 5) is 0. The Bertz CT molecular complexity index is 3770. The zero-order valence-corrected chi connectivity index (χ0v) is 34.1. The first-order valence-corrected chi connectivity index (χ1v) is 22.2. The van der Waals surface area contributed by atoms with Crippen molar-refractivity contribution in [2.24, 2.45) is 0 Å². The molecular weight excluding hydrogens is 761 g/mol. The van der Waals surface area contributed by atoms with Crippen LogP contribution in [0.5, 0.6) is 0 Å². The highest BCUT2D eigenvalue weighted by Crippen LogP contribution is 2.48. The molecule has 0 atom stereocenters. The van der Waals surface area contributed by atoms with E-state index in [9.17, 15) is 0 Å². The summed E-state index contributed by atoms with van der Waals surface area (Å²) in [6, 6.07) is 76.9. The SMILES string of the molecule is c1ccc(-c2c3ccccc3c(-c3ccc4sc5cc(-c6c7ccccc7c(-c7ccc8c(c7)sc7ccccc78)c7ccccc67)ccc5c4c3)c3ccccc23)cc1. The van der Waals surface area contributed by atoms with Crippen molar-refractivity contribution in [2.75, 3.05) is 0 Å². The molecule has 0 aliphatic carbocycles. The van der Waals surface area contributed by atoms with Gasteiger partial charge in [0.15, 0.2) is 0 Å². The predicted molar refractivity (Wildman–Crippen MR) is 264 cm³/mol. The Hall–Kier alpha value is -7.10. The molecular formula is C58H34S2. The zero-order valence-electron chi connectivity index (χ0n) is 32.4. The second-order valence-electron chi connectivity index (χ2n) is 15.9. The highest BCUT2D eigenvalue weighted by Gasteiger charge is 2.20. The van der Waals surface area contributed by atoms with Crippen molar-refractivity contribution in [1.82, 2.24) is 0 Å². The third-order valence-electron chi connectivity index (χ3n) is 12.6. The van der Waals surface area contributed by atoms with Gasteiger partial charge in [-0.3, -0.25) is 0 Å². The Kier molecular flexibility index (Phi) is 7.45. The molecule has 13 rings (SSSR count). The highest BCUT2D eigenvalue weighted by molar-refractivity contribution is 7.26. The van der Waals surface area contributed by atoms with E-state index in [1.54, 1.807) is 0 Å². The Labute approximate surface area is 354 Å². The summed E-state index contributed by atoms with van der Waals surface area (Å²) < 4.78 is 5.28. The summed E-state index contributed by atoms with van der Waals surface area (Å²) in [5.74, 6) is 0. The highest BCUT2D eigenvalue weighted by atomic mass is 32.1. The van der Waals surface area contributed by atoms with Crippen LogP contribution in [0, 0.1) is 0 Å². The van der Waals surface area contributed by atoms with Crippen LogP contribution in [-0.2, 0) is 0 Å². The summed E-state index contributed by atoms with van der Waals surface area (Å²) in [7, 11) is 0. The van der Waals surface area contributed by atoms with Gasteiger partial charge >= 0.3 is 0 Å². The van der Waals surface area contributed by atoms with Gasteiger partial charge in [0.2, 0.25) is 0 Å². The van der Waals surface area contributed by atoms with Gasteiger partial charge in [0.1, 0.15) is 0 Å². The van der Waals surface area contributed by atoms with Crippen LogP contribution in [0.1, 0.15) is 0 Å². The maximum atomic E-state index is 2.44. The van der Waals surface area contributed by atoms with Gasteiger partial charge in [-0.2, -0.15) is 0 Å². The number of rotatable bonds is 4. The molecule has 2 heteroatoms. The minimum atomic E-state index is 1.25. The number of hydrogen-bond donors (Lipinski definition) is 0. The molecule has 2 aromatic heterocycles. The average molecular weight is 795 g/mol. The average Bonchev–Trinajstić information content (AvgIpc) is 3.87. The molecule has 0 N–H and O–H groups in total. The van der Waals surface area contributed by atoms with Crippen LogP contribution >= 0.6 is 22.7 Å². The van der Waals surface area contributed by atoms with Crippen molar-refractivity contribution >= 4 is 106 Å². The van der Waals surface area contributed by atoms with Gasteiger partial charge in [-0.25, -0.2) is 0 Å². The molecule has 2 heterocycles. The predicted octanol–water partition coefficient (Wildman–Crippen LogP) is 17.7. The van der Waals surface area contributed by atoms with Gasteiger partial charge in [0.05, 0.1) is 0 Å². The van der Waals surface area contributed by atoms with Crippen LogP contribution in [-0.4, -0.2) is 0 Å². The van der Waals surface area contributed by atoms with Crippen LogP contribution in [0.2, 0.25) is 0 Å². The standard InChI is InChI=1S/C58H34S2/c1-2-14-35(15-3-1)55-42-17-4-6-19-44(42)56(45-20-7-5-18-43(45)55)36-28-31-52-50(32-36)41-30-27-38(34-54(41)60-52)58-48-23-10-8-21-46(48)57(47-22-9-11-24-49(47)58)37-26-29-40-39-16-12-13-25-51(39)59-53(40)33-37/h1-34H. The van der Waals surface area contributed by atoms with E-state index >= 15 is 0 Å². The monoisotopic (exact) mass is 794 g/mol. The van der Waals surface area contributed by atoms with E-state index in [1.807, 2.05) is 22.7 Å². The first-order valence-electron chi connectivity index (χ1n) is 20.6. The van der Waals surface area contributed by atoms with Crippen molar-refractivity contribution in [3.05, 3.63) is 206 Å². The Balaban J connectivity index is 0.994. The third-order valence-corrected chi connectivity index (χ3v) is 14.9. The number of thiophene rings is 2. The number of fused-ring (bicyclic) bond motifs is 10. The molecule has 0 spiro atoms. The second kappa shape index (κ2) is 13.2. The van der Waals surface area contributed by atoms with E-state index in [0.29, 0.717) is 0 Å². The quantitative estimate of drug-likeness (QED) is 0.156. The molecule has 11 aromatic carbocycles. The number of benzene rings is 11. The maximum Gasteiger partial charge on any atom is 0.0361 e. The minimum Gasteiger partial charge on any atom is -0.135 e.